The second-order valence-electron chi connectivity index (χ2n) is 7.04. The topological polar surface area (TPSA) is 35.7 Å². The summed E-state index contributed by atoms with van der Waals surface area (Å²) in [7, 11) is 0. The molecule has 0 radical (unpaired) electrons. The van der Waals surface area contributed by atoms with Crippen molar-refractivity contribution in [3.8, 4) is 5.75 Å². The van der Waals surface area contributed by atoms with Gasteiger partial charge in [-0.2, -0.15) is 13.7 Å². The number of hydrogen-bond acceptors (Lipinski definition) is 3. The molecule has 4 rings (SSSR count). The first kappa shape index (κ1) is 20.7. The van der Waals surface area contributed by atoms with Crippen molar-refractivity contribution in [3.63, 3.8) is 0 Å². The van der Waals surface area contributed by atoms with Crippen LogP contribution >= 0.6 is 0 Å². The Balaban J connectivity index is 0.00000225. The van der Waals surface area contributed by atoms with E-state index < -0.39 is 12.3 Å². The highest BCUT2D eigenvalue weighted by molar-refractivity contribution is 5.97. The van der Waals surface area contributed by atoms with Gasteiger partial charge in [0.2, 0.25) is 0 Å². The van der Waals surface area contributed by atoms with E-state index in [1.165, 1.54) is 18.6 Å². The lowest BCUT2D eigenvalue weighted by Gasteiger charge is -2.29. The number of rotatable bonds is 4. The summed E-state index contributed by atoms with van der Waals surface area (Å²) in [4.78, 5) is 1.96. The highest BCUT2D eigenvalue weighted by Crippen LogP contribution is 2.38. The molecule has 2 aromatic rings. The van der Waals surface area contributed by atoms with E-state index in [9.17, 15) is 13.9 Å². The van der Waals surface area contributed by atoms with Crippen molar-refractivity contribution in [1.82, 2.24) is 0 Å². The molecule has 0 aromatic heterocycles. The Kier molecular flexibility index (Phi) is 6.35. The summed E-state index contributed by atoms with van der Waals surface area (Å²) in [6, 6.07) is 16.1. The molecule has 2 aliphatic rings. The van der Waals surface area contributed by atoms with E-state index in [4.69, 9.17) is 0 Å². The molecule has 0 aliphatic carbocycles. The molecule has 0 saturated carbocycles. The van der Waals surface area contributed by atoms with Crippen molar-refractivity contribution in [3.05, 3.63) is 60.2 Å². The smallest absolute Gasteiger partial charge is 0.387 e. The molecule has 0 amide bonds. The molecule has 0 spiro atoms. The van der Waals surface area contributed by atoms with Gasteiger partial charge in [0.25, 0.3) is 11.6 Å². The van der Waals surface area contributed by atoms with Crippen LogP contribution in [0.5, 0.6) is 5.75 Å². The van der Waals surface area contributed by atoms with Gasteiger partial charge in [0.15, 0.2) is 6.54 Å². The minimum absolute atomic E-state index is 0. The van der Waals surface area contributed by atoms with Crippen molar-refractivity contribution >= 4 is 11.5 Å². The van der Waals surface area contributed by atoms with Crippen molar-refractivity contribution in [2.24, 2.45) is 0 Å². The lowest BCUT2D eigenvalue weighted by atomic mass is 10.00. The number of anilines is 1. The Labute approximate surface area is 173 Å². The van der Waals surface area contributed by atoms with E-state index in [-0.39, 0.29) is 22.7 Å². The second kappa shape index (κ2) is 8.57. The third-order valence-corrected chi connectivity index (χ3v) is 5.29. The molecule has 0 saturated heterocycles. The monoisotopic (exact) mass is 452 g/mol. The summed E-state index contributed by atoms with van der Waals surface area (Å²) >= 11 is 0. The minimum Gasteiger partial charge on any atom is -1.00 e. The van der Waals surface area contributed by atoms with E-state index in [0.717, 1.165) is 42.9 Å². The van der Waals surface area contributed by atoms with Crippen LogP contribution in [0, 0.1) is 0 Å². The fraction of sp³-hybridized carbons (Fsp3) is 0.381. The summed E-state index contributed by atoms with van der Waals surface area (Å²) in [5.74, 6) is 1.19. The predicted molar refractivity (Wildman–Crippen MR) is 99.4 cm³/mol. The first-order valence-corrected chi connectivity index (χ1v) is 9.32. The molecule has 2 aromatic carbocycles. The Morgan fingerprint density at radius 1 is 1.00 bits per heavy atom. The fourth-order valence-electron chi connectivity index (χ4n) is 4.09. The molecule has 1 N–H and O–H groups in total. The summed E-state index contributed by atoms with van der Waals surface area (Å²) in [6.45, 7) is -1.45. The molecule has 2 aliphatic heterocycles. The third-order valence-electron chi connectivity index (χ3n) is 5.29. The zero-order valence-corrected chi connectivity index (χ0v) is 17.0. The molecule has 1 unspecified atom stereocenters. The normalized spacial score (nSPS) is 21.9. The standard InChI is InChI=1S/C21H23F2N2O2.BrH/c22-20(23)27-18-12-10-17(11-13-18)25-19-9-5-2-6-14-24(19)15-21(25,26)16-7-3-1-4-8-16;/h1,3-4,7-8,10-13,20,26H,2,5-6,9,14-15H2;1H/q+1;/p-1. The maximum absolute atomic E-state index is 12.4. The van der Waals surface area contributed by atoms with Crippen LogP contribution in [0.15, 0.2) is 54.6 Å². The average molecular weight is 453 g/mol. The van der Waals surface area contributed by atoms with Gasteiger partial charge >= 0.3 is 6.61 Å². The van der Waals surface area contributed by atoms with Gasteiger partial charge in [0, 0.05) is 12.0 Å². The van der Waals surface area contributed by atoms with Crippen LogP contribution in [0.1, 0.15) is 31.2 Å². The number of alkyl halides is 2. The SMILES string of the molecule is OC1(c2ccccc2)C[N+]2=C(CCCCC2)N1c1ccc(OC(F)F)cc1.[Br-]. The van der Waals surface area contributed by atoms with Crippen LogP contribution in [0.2, 0.25) is 0 Å². The van der Waals surface area contributed by atoms with E-state index in [1.807, 2.05) is 35.2 Å². The summed E-state index contributed by atoms with van der Waals surface area (Å²) in [5.41, 5.74) is 0.389. The summed E-state index contributed by atoms with van der Waals surface area (Å²) in [6.07, 6.45) is 4.21. The van der Waals surface area contributed by atoms with Crippen LogP contribution in [0.25, 0.3) is 0 Å². The minimum atomic E-state index is -2.85. The lowest BCUT2D eigenvalue weighted by Crippen LogP contribution is -3.00. The number of hydrogen-bond donors (Lipinski definition) is 1. The number of nitrogens with zero attached hydrogens (tertiary/aromatic N) is 2. The van der Waals surface area contributed by atoms with E-state index >= 15 is 0 Å². The first-order valence-electron chi connectivity index (χ1n) is 9.32. The van der Waals surface area contributed by atoms with Gasteiger partial charge in [0.05, 0.1) is 6.54 Å². The Bertz CT molecular complexity index is 830. The Morgan fingerprint density at radius 2 is 1.71 bits per heavy atom. The molecule has 1 atom stereocenters. The van der Waals surface area contributed by atoms with Gasteiger partial charge in [-0.05, 0) is 43.5 Å². The number of aliphatic hydroxyl groups is 1. The molecule has 150 valence electrons. The van der Waals surface area contributed by atoms with Crippen LogP contribution in [0.4, 0.5) is 14.5 Å². The van der Waals surface area contributed by atoms with Crippen LogP contribution < -0.4 is 26.6 Å². The molecule has 0 fully saturated rings. The van der Waals surface area contributed by atoms with Gasteiger partial charge in [-0.15, -0.1) is 0 Å². The van der Waals surface area contributed by atoms with E-state index in [2.05, 4.69) is 9.31 Å². The van der Waals surface area contributed by atoms with Gasteiger partial charge in [-0.3, -0.25) is 4.58 Å². The lowest BCUT2D eigenvalue weighted by molar-refractivity contribution is -0.534. The molecule has 2 heterocycles. The highest BCUT2D eigenvalue weighted by atomic mass is 79.9. The number of amidine groups is 1. The summed E-state index contributed by atoms with van der Waals surface area (Å²) < 4.78 is 31.6. The van der Waals surface area contributed by atoms with Crippen LogP contribution in [-0.4, -0.2) is 35.2 Å². The average Bonchev–Trinajstić information content (AvgIpc) is 2.79. The maximum atomic E-state index is 12.4. The van der Waals surface area contributed by atoms with Gasteiger partial charge in [0.1, 0.15) is 11.4 Å². The number of benzene rings is 2. The molecule has 28 heavy (non-hydrogen) atoms. The largest absolute Gasteiger partial charge is 1.00 e. The zero-order valence-electron chi connectivity index (χ0n) is 15.4. The van der Waals surface area contributed by atoms with Crippen LogP contribution in [0.3, 0.4) is 0 Å². The van der Waals surface area contributed by atoms with E-state index in [1.54, 1.807) is 12.1 Å². The summed E-state index contributed by atoms with van der Waals surface area (Å²) in [5, 5.41) is 11.7. The maximum Gasteiger partial charge on any atom is 0.387 e. The van der Waals surface area contributed by atoms with Crippen molar-refractivity contribution in [2.75, 3.05) is 18.0 Å². The number of halogens is 3. The van der Waals surface area contributed by atoms with E-state index in [0.29, 0.717) is 6.54 Å². The van der Waals surface area contributed by atoms with Crippen molar-refractivity contribution < 1.29 is 40.2 Å². The first-order chi connectivity index (χ1) is 13.1. The molecular weight excluding hydrogens is 430 g/mol. The third kappa shape index (κ3) is 3.91. The second-order valence-corrected chi connectivity index (χ2v) is 7.04. The molecular formula is C21H23BrF2N2O2. The van der Waals surface area contributed by atoms with Gasteiger partial charge < -0.3 is 26.8 Å². The molecule has 0 bridgehead atoms. The van der Waals surface area contributed by atoms with Gasteiger partial charge in [-0.25, -0.2) is 0 Å². The van der Waals surface area contributed by atoms with Gasteiger partial charge in [-0.1, -0.05) is 30.3 Å². The predicted octanol–water partition coefficient (Wildman–Crippen LogP) is 0.942. The zero-order chi connectivity index (χ0) is 18.9. The molecule has 4 nitrogen and oxygen atoms in total. The van der Waals surface area contributed by atoms with Crippen molar-refractivity contribution in [2.45, 2.75) is 38.0 Å². The number of ether oxygens (including phenoxy) is 1. The Morgan fingerprint density at radius 3 is 2.39 bits per heavy atom. The molecule has 7 heteroatoms. The fourth-order valence-corrected chi connectivity index (χ4v) is 4.09. The quantitative estimate of drug-likeness (QED) is 0.701. The Hall–Kier alpha value is -1.99. The van der Waals surface area contributed by atoms with Crippen molar-refractivity contribution in [1.29, 1.82) is 0 Å². The van der Waals surface area contributed by atoms with Crippen LogP contribution in [-0.2, 0) is 5.72 Å². The highest BCUT2D eigenvalue weighted by Gasteiger charge is 2.53.